The van der Waals surface area contributed by atoms with E-state index < -0.39 is 0 Å². The summed E-state index contributed by atoms with van der Waals surface area (Å²) in [5, 5.41) is 8.65. The van der Waals surface area contributed by atoms with Crippen molar-refractivity contribution in [3.05, 3.63) is 0 Å². The van der Waals surface area contributed by atoms with Crippen molar-refractivity contribution < 1.29 is 38.7 Å². The van der Waals surface area contributed by atoms with Crippen LogP contribution in [0, 0.1) is 0 Å². The SMILES string of the molecule is OCCCCCCCCCC[NH+]1CCOCC1.[I-]. The van der Waals surface area contributed by atoms with Crippen LogP contribution in [0.25, 0.3) is 0 Å². The second-order valence-electron chi connectivity index (χ2n) is 5.16. The fourth-order valence-electron chi connectivity index (χ4n) is 2.46. The van der Waals surface area contributed by atoms with Gasteiger partial charge in [-0.3, -0.25) is 0 Å². The van der Waals surface area contributed by atoms with Crippen LogP contribution < -0.4 is 28.9 Å². The van der Waals surface area contributed by atoms with Crippen LogP contribution in [-0.4, -0.2) is 44.6 Å². The van der Waals surface area contributed by atoms with Crippen LogP contribution in [0.3, 0.4) is 0 Å². The monoisotopic (exact) mass is 371 g/mol. The van der Waals surface area contributed by atoms with Crippen LogP contribution in [0.15, 0.2) is 0 Å². The highest BCUT2D eigenvalue weighted by atomic mass is 127. The molecule has 0 amide bonds. The number of quaternary nitrogens is 1. The third-order valence-electron chi connectivity index (χ3n) is 3.64. The third kappa shape index (κ3) is 10.5. The Kier molecular flexibility index (Phi) is 14.5. The summed E-state index contributed by atoms with van der Waals surface area (Å²) in [5.74, 6) is 0. The van der Waals surface area contributed by atoms with Crippen molar-refractivity contribution in [1.82, 2.24) is 0 Å². The first-order valence-corrected chi connectivity index (χ1v) is 7.45. The lowest BCUT2D eigenvalue weighted by Gasteiger charge is -2.23. The number of morpholine rings is 1. The topological polar surface area (TPSA) is 33.9 Å². The number of unbranched alkanes of at least 4 members (excludes halogenated alkanes) is 7. The van der Waals surface area contributed by atoms with Crippen LogP contribution in [0.2, 0.25) is 0 Å². The molecule has 0 aromatic heterocycles. The Balaban J connectivity index is 0.00000289. The standard InChI is InChI=1S/C14H29NO2.HI/c16-12-8-6-4-2-1-3-5-7-9-15-10-13-17-14-11-15;/h16H,1-14H2;1H. The molecule has 0 aliphatic carbocycles. The van der Waals surface area contributed by atoms with E-state index in [0.717, 1.165) is 19.6 Å². The normalized spacial score (nSPS) is 16.5. The molecule has 0 spiro atoms. The minimum Gasteiger partial charge on any atom is -1.00 e. The predicted octanol–water partition coefficient (Wildman–Crippen LogP) is -1.98. The van der Waals surface area contributed by atoms with Gasteiger partial charge in [0, 0.05) is 6.61 Å². The first-order valence-electron chi connectivity index (χ1n) is 7.45. The molecular formula is C14H30INO2. The van der Waals surface area contributed by atoms with Gasteiger partial charge in [-0.1, -0.05) is 32.1 Å². The number of hydrogen-bond donors (Lipinski definition) is 2. The number of nitrogens with one attached hydrogen (secondary N) is 1. The van der Waals surface area contributed by atoms with Gasteiger partial charge in [0.15, 0.2) is 0 Å². The second kappa shape index (κ2) is 14.0. The summed E-state index contributed by atoms with van der Waals surface area (Å²) in [6, 6.07) is 0. The smallest absolute Gasteiger partial charge is 0.101 e. The van der Waals surface area contributed by atoms with E-state index in [4.69, 9.17) is 9.84 Å². The molecule has 0 aromatic carbocycles. The molecule has 1 heterocycles. The molecule has 0 bridgehead atoms. The van der Waals surface area contributed by atoms with Gasteiger partial charge >= 0.3 is 0 Å². The molecule has 1 fully saturated rings. The zero-order valence-electron chi connectivity index (χ0n) is 11.6. The zero-order chi connectivity index (χ0) is 12.2. The van der Waals surface area contributed by atoms with Crippen molar-refractivity contribution in [1.29, 1.82) is 0 Å². The van der Waals surface area contributed by atoms with E-state index in [1.165, 1.54) is 64.6 Å². The molecule has 3 nitrogen and oxygen atoms in total. The number of ether oxygens (including phenoxy) is 1. The van der Waals surface area contributed by atoms with E-state index in [0.29, 0.717) is 6.61 Å². The van der Waals surface area contributed by atoms with Gasteiger partial charge in [0.05, 0.1) is 19.8 Å². The Labute approximate surface area is 129 Å². The maximum Gasteiger partial charge on any atom is 0.101 e. The Morgan fingerprint density at radius 1 is 0.778 bits per heavy atom. The van der Waals surface area contributed by atoms with Crippen LogP contribution in [0.1, 0.15) is 51.4 Å². The summed E-state index contributed by atoms with van der Waals surface area (Å²) in [6.07, 6.45) is 10.4. The van der Waals surface area contributed by atoms with E-state index in [1.54, 1.807) is 4.90 Å². The van der Waals surface area contributed by atoms with Crippen molar-refractivity contribution >= 4 is 0 Å². The molecule has 0 atom stereocenters. The van der Waals surface area contributed by atoms with Gasteiger partial charge in [0.1, 0.15) is 13.1 Å². The van der Waals surface area contributed by atoms with Gasteiger partial charge in [-0.2, -0.15) is 0 Å². The summed E-state index contributed by atoms with van der Waals surface area (Å²) in [7, 11) is 0. The third-order valence-corrected chi connectivity index (χ3v) is 3.64. The molecule has 4 heteroatoms. The minimum atomic E-state index is 0. The van der Waals surface area contributed by atoms with Gasteiger partial charge in [0.25, 0.3) is 0 Å². The number of aliphatic hydroxyl groups excluding tert-OH is 1. The van der Waals surface area contributed by atoms with Crippen molar-refractivity contribution in [3.8, 4) is 0 Å². The van der Waals surface area contributed by atoms with Gasteiger partial charge in [-0.05, 0) is 19.3 Å². The molecular weight excluding hydrogens is 341 g/mol. The van der Waals surface area contributed by atoms with Crippen molar-refractivity contribution in [2.24, 2.45) is 0 Å². The van der Waals surface area contributed by atoms with E-state index in [2.05, 4.69) is 0 Å². The largest absolute Gasteiger partial charge is 1.00 e. The first-order chi connectivity index (χ1) is 8.43. The fourth-order valence-corrected chi connectivity index (χ4v) is 2.46. The molecule has 1 saturated heterocycles. The maximum absolute atomic E-state index is 8.65. The summed E-state index contributed by atoms with van der Waals surface area (Å²) in [6.45, 7) is 6.04. The van der Waals surface area contributed by atoms with Crippen LogP contribution in [-0.2, 0) is 4.74 Å². The maximum atomic E-state index is 8.65. The number of rotatable bonds is 10. The predicted molar refractivity (Wildman–Crippen MR) is 70.4 cm³/mol. The van der Waals surface area contributed by atoms with E-state index >= 15 is 0 Å². The molecule has 1 aliphatic rings. The quantitative estimate of drug-likeness (QED) is 0.345. The molecule has 0 radical (unpaired) electrons. The van der Waals surface area contributed by atoms with Crippen molar-refractivity contribution in [2.75, 3.05) is 39.5 Å². The number of hydrogen-bond acceptors (Lipinski definition) is 2. The molecule has 0 aromatic rings. The van der Waals surface area contributed by atoms with Crippen LogP contribution >= 0.6 is 0 Å². The number of halogens is 1. The highest BCUT2D eigenvalue weighted by Crippen LogP contribution is 2.07. The summed E-state index contributed by atoms with van der Waals surface area (Å²) < 4.78 is 5.35. The summed E-state index contributed by atoms with van der Waals surface area (Å²) in [5.41, 5.74) is 0. The van der Waals surface area contributed by atoms with Gasteiger partial charge in [-0.25, -0.2) is 0 Å². The van der Waals surface area contributed by atoms with E-state index in [-0.39, 0.29) is 24.0 Å². The Bertz CT molecular complexity index is 164. The minimum absolute atomic E-state index is 0. The first kappa shape index (κ1) is 18.6. The highest BCUT2D eigenvalue weighted by molar-refractivity contribution is 4.47. The fraction of sp³-hybridized carbons (Fsp3) is 1.00. The average Bonchev–Trinajstić information content (AvgIpc) is 2.38. The Morgan fingerprint density at radius 3 is 1.83 bits per heavy atom. The van der Waals surface area contributed by atoms with Crippen LogP contribution in [0.4, 0.5) is 0 Å². The Hall–Kier alpha value is 0.610. The Morgan fingerprint density at radius 2 is 1.28 bits per heavy atom. The van der Waals surface area contributed by atoms with E-state index in [9.17, 15) is 0 Å². The van der Waals surface area contributed by atoms with Crippen LogP contribution in [0.5, 0.6) is 0 Å². The molecule has 110 valence electrons. The second-order valence-corrected chi connectivity index (χ2v) is 5.16. The van der Waals surface area contributed by atoms with E-state index in [1.807, 2.05) is 0 Å². The molecule has 0 saturated carbocycles. The molecule has 18 heavy (non-hydrogen) atoms. The van der Waals surface area contributed by atoms with Gasteiger partial charge in [0.2, 0.25) is 0 Å². The lowest BCUT2D eigenvalue weighted by Crippen LogP contribution is -3.14. The van der Waals surface area contributed by atoms with Gasteiger partial charge in [-0.15, -0.1) is 0 Å². The molecule has 1 rings (SSSR count). The number of aliphatic hydroxyl groups is 1. The molecule has 1 aliphatic heterocycles. The lowest BCUT2D eigenvalue weighted by atomic mass is 10.1. The average molecular weight is 371 g/mol. The highest BCUT2D eigenvalue weighted by Gasteiger charge is 2.12. The van der Waals surface area contributed by atoms with Crippen molar-refractivity contribution in [2.45, 2.75) is 51.4 Å². The molecule has 0 unspecified atom stereocenters. The van der Waals surface area contributed by atoms with Crippen molar-refractivity contribution in [3.63, 3.8) is 0 Å². The summed E-state index contributed by atoms with van der Waals surface area (Å²) >= 11 is 0. The zero-order valence-corrected chi connectivity index (χ0v) is 13.8. The molecule has 2 N–H and O–H groups in total. The summed E-state index contributed by atoms with van der Waals surface area (Å²) in [4.78, 5) is 1.74. The lowest BCUT2D eigenvalue weighted by molar-refractivity contribution is -0.908. The van der Waals surface area contributed by atoms with Gasteiger partial charge < -0.3 is 38.7 Å².